The number of amides is 1. The van der Waals surface area contributed by atoms with Gasteiger partial charge in [-0.05, 0) is 26.3 Å². The number of rotatable bonds is 4. The summed E-state index contributed by atoms with van der Waals surface area (Å²) in [6, 6.07) is 8.35. The Morgan fingerprint density at radius 2 is 1.92 bits per heavy atom. The summed E-state index contributed by atoms with van der Waals surface area (Å²) in [7, 11) is 1.66. The number of carbonyl (C=O) groups excluding carboxylic acids is 1. The number of methoxy groups -OCH3 is 1. The van der Waals surface area contributed by atoms with Crippen LogP contribution in [0.1, 0.15) is 25.8 Å². The predicted molar refractivity (Wildman–Crippen MR) is 95.4 cm³/mol. The number of benzene rings is 1. The molecule has 3 rings (SSSR count). The monoisotopic (exact) mass is 331 g/mol. The minimum atomic E-state index is -0.578. The van der Waals surface area contributed by atoms with Gasteiger partial charge in [0.2, 0.25) is 5.91 Å². The topological polar surface area (TPSA) is 44.8 Å². The van der Waals surface area contributed by atoms with Crippen LogP contribution in [0.3, 0.4) is 0 Å². The van der Waals surface area contributed by atoms with Crippen LogP contribution in [-0.2, 0) is 10.2 Å². The van der Waals surface area contributed by atoms with Gasteiger partial charge in [-0.1, -0.05) is 18.2 Å². The Balaban J connectivity index is 1.71. The van der Waals surface area contributed by atoms with Crippen LogP contribution in [-0.4, -0.2) is 68.1 Å². The van der Waals surface area contributed by atoms with Crippen molar-refractivity contribution in [2.75, 3.05) is 46.4 Å². The van der Waals surface area contributed by atoms with Gasteiger partial charge in [-0.2, -0.15) is 0 Å². The van der Waals surface area contributed by atoms with Gasteiger partial charge in [0.15, 0.2) is 0 Å². The lowest BCUT2D eigenvalue weighted by molar-refractivity contribution is -0.135. The van der Waals surface area contributed by atoms with Gasteiger partial charge in [-0.25, -0.2) is 0 Å². The van der Waals surface area contributed by atoms with Crippen LogP contribution >= 0.6 is 0 Å². The molecule has 1 aromatic rings. The Labute approximate surface area is 145 Å². The fourth-order valence-corrected chi connectivity index (χ4v) is 3.94. The summed E-state index contributed by atoms with van der Waals surface area (Å²) >= 11 is 0. The fraction of sp³-hybridized carbons (Fsp3) is 0.632. The molecular weight excluding hydrogens is 302 g/mol. The molecule has 0 spiro atoms. The number of piperazine rings is 1. The van der Waals surface area contributed by atoms with Crippen molar-refractivity contribution >= 4 is 5.91 Å². The van der Waals surface area contributed by atoms with Crippen molar-refractivity contribution in [2.45, 2.75) is 31.7 Å². The quantitative estimate of drug-likeness (QED) is 0.908. The average Bonchev–Trinajstić information content (AvgIpc) is 3.11. The maximum atomic E-state index is 13.2. The highest BCUT2D eigenvalue weighted by molar-refractivity contribution is 5.88. The van der Waals surface area contributed by atoms with Gasteiger partial charge in [-0.15, -0.1) is 0 Å². The van der Waals surface area contributed by atoms with Crippen LogP contribution < -0.4 is 10.1 Å². The van der Waals surface area contributed by atoms with Gasteiger partial charge in [0.1, 0.15) is 5.75 Å². The molecule has 1 atom stereocenters. The summed E-state index contributed by atoms with van der Waals surface area (Å²) in [4.78, 5) is 17.8. The van der Waals surface area contributed by atoms with E-state index in [0.29, 0.717) is 6.04 Å². The van der Waals surface area contributed by atoms with Crippen molar-refractivity contribution in [1.82, 2.24) is 15.1 Å². The van der Waals surface area contributed by atoms with Crippen molar-refractivity contribution in [3.8, 4) is 5.75 Å². The lowest BCUT2D eigenvalue weighted by Crippen LogP contribution is -2.50. The van der Waals surface area contributed by atoms with Crippen LogP contribution in [0, 0.1) is 0 Å². The van der Waals surface area contributed by atoms with Gasteiger partial charge in [-0.3, -0.25) is 9.69 Å². The van der Waals surface area contributed by atoms with Gasteiger partial charge >= 0.3 is 0 Å². The summed E-state index contributed by atoms with van der Waals surface area (Å²) in [5, 5.41) is 3.39. The Kier molecular flexibility index (Phi) is 5.11. The zero-order chi connectivity index (χ0) is 17.2. The van der Waals surface area contributed by atoms with E-state index in [9.17, 15) is 4.79 Å². The highest BCUT2D eigenvalue weighted by atomic mass is 16.5. The molecule has 1 N–H and O–H groups in total. The molecule has 5 nitrogen and oxygen atoms in total. The predicted octanol–water partition coefficient (Wildman–Crippen LogP) is 1.48. The lowest BCUT2D eigenvalue weighted by atomic mass is 9.82. The Hall–Kier alpha value is -1.59. The van der Waals surface area contributed by atoms with E-state index in [-0.39, 0.29) is 5.91 Å². The summed E-state index contributed by atoms with van der Waals surface area (Å²) < 4.78 is 5.47. The smallest absolute Gasteiger partial charge is 0.232 e. The summed E-state index contributed by atoms with van der Waals surface area (Å²) in [6.45, 7) is 9.99. The molecule has 132 valence electrons. The van der Waals surface area contributed by atoms with E-state index < -0.39 is 5.41 Å². The molecule has 24 heavy (non-hydrogen) atoms. The standard InChI is InChI=1S/C19H29N3O2/c1-19(2,16-6-4-5-7-17(16)24-3)18(23)22-11-8-15(14-22)21-12-9-20-10-13-21/h4-7,15,20H,8-14H2,1-3H3. The molecular formula is C19H29N3O2. The molecule has 2 aliphatic rings. The normalized spacial score (nSPS) is 22.6. The van der Waals surface area contributed by atoms with Crippen LogP contribution in [0.2, 0.25) is 0 Å². The second-order valence-electron chi connectivity index (χ2n) is 7.30. The number of para-hydroxylation sites is 1. The molecule has 0 aromatic heterocycles. The van der Waals surface area contributed by atoms with Crippen molar-refractivity contribution in [3.63, 3.8) is 0 Å². The Morgan fingerprint density at radius 1 is 1.21 bits per heavy atom. The molecule has 2 aliphatic heterocycles. The van der Waals surface area contributed by atoms with E-state index in [0.717, 1.165) is 57.0 Å². The summed E-state index contributed by atoms with van der Waals surface area (Å²) in [6.07, 6.45) is 1.08. The molecule has 1 amide bonds. The average molecular weight is 331 g/mol. The first-order chi connectivity index (χ1) is 11.5. The number of nitrogens with one attached hydrogen (secondary N) is 1. The van der Waals surface area contributed by atoms with Crippen molar-refractivity contribution in [2.24, 2.45) is 0 Å². The largest absolute Gasteiger partial charge is 0.496 e. The molecule has 2 saturated heterocycles. The van der Waals surface area contributed by atoms with E-state index >= 15 is 0 Å². The van der Waals surface area contributed by atoms with Gasteiger partial charge in [0.05, 0.1) is 12.5 Å². The zero-order valence-electron chi connectivity index (χ0n) is 15.0. The second kappa shape index (κ2) is 7.11. The zero-order valence-corrected chi connectivity index (χ0v) is 15.0. The first-order valence-electron chi connectivity index (χ1n) is 8.91. The number of nitrogens with zero attached hydrogens (tertiary/aromatic N) is 2. The number of hydrogen-bond acceptors (Lipinski definition) is 4. The van der Waals surface area contributed by atoms with Crippen LogP contribution in [0.4, 0.5) is 0 Å². The van der Waals surface area contributed by atoms with E-state index in [1.807, 2.05) is 43.0 Å². The molecule has 2 fully saturated rings. The van der Waals surface area contributed by atoms with Gasteiger partial charge in [0, 0.05) is 50.9 Å². The van der Waals surface area contributed by atoms with Crippen LogP contribution in [0.5, 0.6) is 5.75 Å². The van der Waals surface area contributed by atoms with Gasteiger partial charge in [0.25, 0.3) is 0 Å². The summed E-state index contributed by atoms with van der Waals surface area (Å²) in [5.41, 5.74) is 0.383. The fourth-order valence-electron chi connectivity index (χ4n) is 3.94. The second-order valence-corrected chi connectivity index (χ2v) is 7.30. The van der Waals surface area contributed by atoms with Gasteiger partial charge < -0.3 is 15.0 Å². The molecule has 1 aromatic carbocycles. The van der Waals surface area contributed by atoms with Crippen molar-refractivity contribution in [1.29, 1.82) is 0 Å². The van der Waals surface area contributed by atoms with Crippen LogP contribution in [0.25, 0.3) is 0 Å². The van der Waals surface area contributed by atoms with Crippen molar-refractivity contribution < 1.29 is 9.53 Å². The number of carbonyl (C=O) groups is 1. The molecule has 0 radical (unpaired) electrons. The summed E-state index contributed by atoms with van der Waals surface area (Å²) in [5.74, 6) is 0.985. The number of hydrogen-bond donors (Lipinski definition) is 1. The third-order valence-electron chi connectivity index (χ3n) is 5.43. The van der Waals surface area contributed by atoms with E-state index in [1.165, 1.54) is 0 Å². The van der Waals surface area contributed by atoms with E-state index in [1.54, 1.807) is 7.11 Å². The molecule has 2 heterocycles. The number of likely N-dealkylation sites (tertiary alicyclic amines) is 1. The first kappa shape index (κ1) is 17.2. The Bertz CT molecular complexity index is 582. The molecule has 5 heteroatoms. The minimum absolute atomic E-state index is 0.199. The maximum absolute atomic E-state index is 13.2. The Morgan fingerprint density at radius 3 is 2.62 bits per heavy atom. The molecule has 1 unspecified atom stereocenters. The van der Waals surface area contributed by atoms with Crippen LogP contribution in [0.15, 0.2) is 24.3 Å². The third kappa shape index (κ3) is 3.28. The first-order valence-corrected chi connectivity index (χ1v) is 8.91. The molecule has 0 saturated carbocycles. The lowest BCUT2D eigenvalue weighted by Gasteiger charge is -2.34. The molecule has 0 bridgehead atoms. The van der Waals surface area contributed by atoms with E-state index in [2.05, 4.69) is 10.2 Å². The molecule has 0 aliphatic carbocycles. The third-order valence-corrected chi connectivity index (χ3v) is 5.43. The minimum Gasteiger partial charge on any atom is -0.496 e. The van der Waals surface area contributed by atoms with E-state index in [4.69, 9.17) is 4.74 Å². The highest BCUT2D eigenvalue weighted by Gasteiger charge is 2.39. The maximum Gasteiger partial charge on any atom is 0.232 e. The van der Waals surface area contributed by atoms with Crippen molar-refractivity contribution in [3.05, 3.63) is 29.8 Å². The SMILES string of the molecule is COc1ccccc1C(C)(C)C(=O)N1CCC(N2CCNCC2)C1. The highest BCUT2D eigenvalue weighted by Crippen LogP contribution is 2.34. The number of ether oxygens (including phenoxy) is 1.